The zero-order valence-corrected chi connectivity index (χ0v) is 16.8. The lowest BCUT2D eigenvalue weighted by Gasteiger charge is -2.19. The van der Waals surface area contributed by atoms with E-state index in [0.717, 1.165) is 22.9 Å². The van der Waals surface area contributed by atoms with E-state index in [2.05, 4.69) is 5.32 Å². The van der Waals surface area contributed by atoms with E-state index in [0.29, 0.717) is 18.7 Å². The fourth-order valence-electron chi connectivity index (χ4n) is 2.68. The minimum Gasteiger partial charge on any atom is -0.497 e. The highest BCUT2D eigenvalue weighted by atomic mass is 32.2. The molecule has 0 bridgehead atoms. The molecular weight excluding hydrogens is 364 g/mol. The second-order valence-corrected chi connectivity index (χ2v) is 8.45. The number of hydrogen-bond donors (Lipinski definition) is 1. The van der Waals surface area contributed by atoms with Gasteiger partial charge in [0.15, 0.2) is 0 Å². The number of rotatable bonds is 9. The van der Waals surface area contributed by atoms with Gasteiger partial charge in [-0.15, -0.1) is 0 Å². The maximum Gasteiger partial charge on any atom is 0.235 e. The van der Waals surface area contributed by atoms with E-state index in [4.69, 9.17) is 4.74 Å². The number of nitrogens with one attached hydrogen (secondary N) is 1. The number of nitrogens with zero attached hydrogens (tertiary/aromatic N) is 1. The Labute approximate surface area is 161 Å². The third-order valence-electron chi connectivity index (χ3n) is 4.15. The van der Waals surface area contributed by atoms with Crippen molar-refractivity contribution in [1.82, 2.24) is 9.62 Å². The van der Waals surface area contributed by atoms with E-state index < -0.39 is 10.0 Å². The van der Waals surface area contributed by atoms with Crippen LogP contribution < -0.4 is 10.1 Å². The summed E-state index contributed by atoms with van der Waals surface area (Å²) in [5.41, 5.74) is 3.03. The maximum atomic E-state index is 12.2. The predicted molar refractivity (Wildman–Crippen MR) is 106 cm³/mol. The molecule has 0 fully saturated rings. The lowest BCUT2D eigenvalue weighted by Crippen LogP contribution is -2.41. The van der Waals surface area contributed by atoms with E-state index in [1.165, 1.54) is 4.31 Å². The van der Waals surface area contributed by atoms with Crippen LogP contribution in [0.25, 0.3) is 0 Å². The highest BCUT2D eigenvalue weighted by molar-refractivity contribution is 7.88. The standard InChI is InChI=1S/C20H26N2O4S/c1-16-6-4-8-18(12-16)14-21-20(23)15-22(27(3,24)25)11-10-17-7-5-9-19(13-17)26-2/h4-9,12-13H,10-11,14-15H2,1-3H3,(H,21,23). The molecular formula is C20H26N2O4S. The summed E-state index contributed by atoms with van der Waals surface area (Å²) in [4.78, 5) is 12.2. The molecule has 0 atom stereocenters. The quantitative estimate of drug-likeness (QED) is 0.712. The smallest absolute Gasteiger partial charge is 0.235 e. The molecule has 0 heterocycles. The van der Waals surface area contributed by atoms with E-state index >= 15 is 0 Å². The average molecular weight is 391 g/mol. The molecule has 0 spiro atoms. The van der Waals surface area contributed by atoms with Gasteiger partial charge in [-0.25, -0.2) is 8.42 Å². The number of amides is 1. The average Bonchev–Trinajstić information content (AvgIpc) is 2.62. The van der Waals surface area contributed by atoms with E-state index in [1.54, 1.807) is 7.11 Å². The molecule has 1 N–H and O–H groups in total. The number of carbonyl (C=O) groups excluding carboxylic acids is 1. The maximum absolute atomic E-state index is 12.2. The van der Waals surface area contributed by atoms with Gasteiger partial charge in [-0.3, -0.25) is 4.79 Å². The Hall–Kier alpha value is -2.38. The van der Waals surface area contributed by atoms with Gasteiger partial charge in [0.25, 0.3) is 0 Å². The first-order chi connectivity index (χ1) is 12.8. The highest BCUT2D eigenvalue weighted by Gasteiger charge is 2.20. The van der Waals surface area contributed by atoms with Gasteiger partial charge in [0.2, 0.25) is 15.9 Å². The van der Waals surface area contributed by atoms with E-state index in [9.17, 15) is 13.2 Å². The van der Waals surface area contributed by atoms with Crippen LogP contribution in [0.2, 0.25) is 0 Å². The molecule has 27 heavy (non-hydrogen) atoms. The molecule has 0 saturated heterocycles. The van der Waals surface area contributed by atoms with E-state index in [-0.39, 0.29) is 19.0 Å². The van der Waals surface area contributed by atoms with Crippen molar-refractivity contribution in [1.29, 1.82) is 0 Å². The summed E-state index contributed by atoms with van der Waals surface area (Å²) in [5.74, 6) is 0.391. The Morgan fingerprint density at radius 2 is 1.81 bits per heavy atom. The first kappa shape index (κ1) is 20.9. The Bertz CT molecular complexity index is 881. The van der Waals surface area contributed by atoms with Crippen molar-refractivity contribution < 1.29 is 17.9 Å². The molecule has 146 valence electrons. The zero-order chi connectivity index (χ0) is 19.9. The van der Waals surface area contributed by atoms with Crippen LogP contribution in [0.3, 0.4) is 0 Å². The molecule has 0 aliphatic rings. The van der Waals surface area contributed by atoms with Gasteiger partial charge in [-0.05, 0) is 36.6 Å². The van der Waals surface area contributed by atoms with Gasteiger partial charge in [-0.2, -0.15) is 4.31 Å². The molecule has 0 aliphatic carbocycles. The molecule has 6 nitrogen and oxygen atoms in total. The van der Waals surface area contributed by atoms with E-state index in [1.807, 2.05) is 55.5 Å². The van der Waals surface area contributed by atoms with Gasteiger partial charge >= 0.3 is 0 Å². The molecule has 2 rings (SSSR count). The minimum absolute atomic E-state index is 0.200. The number of methoxy groups -OCH3 is 1. The molecule has 1 amide bonds. The summed E-state index contributed by atoms with van der Waals surface area (Å²) in [6, 6.07) is 15.3. The van der Waals surface area contributed by atoms with Crippen LogP contribution in [0.1, 0.15) is 16.7 Å². The Morgan fingerprint density at radius 3 is 2.48 bits per heavy atom. The number of carbonyl (C=O) groups is 1. The van der Waals surface area contributed by atoms with Gasteiger partial charge < -0.3 is 10.1 Å². The van der Waals surface area contributed by atoms with Crippen LogP contribution >= 0.6 is 0 Å². The number of hydrogen-bond acceptors (Lipinski definition) is 4. The monoisotopic (exact) mass is 390 g/mol. The van der Waals surface area contributed by atoms with Crippen molar-refractivity contribution >= 4 is 15.9 Å². The van der Waals surface area contributed by atoms with Crippen LogP contribution in [0.4, 0.5) is 0 Å². The summed E-state index contributed by atoms with van der Waals surface area (Å²) < 4.78 is 30.5. The summed E-state index contributed by atoms with van der Waals surface area (Å²) >= 11 is 0. The Kier molecular flexibility index (Phi) is 7.38. The summed E-state index contributed by atoms with van der Waals surface area (Å²) in [6.45, 7) is 2.38. The third kappa shape index (κ3) is 7.03. The fraction of sp³-hybridized carbons (Fsp3) is 0.350. The summed E-state index contributed by atoms with van der Waals surface area (Å²) in [6.07, 6.45) is 1.61. The van der Waals surface area contributed by atoms with Crippen molar-refractivity contribution in [2.24, 2.45) is 0 Å². The number of aryl methyl sites for hydroxylation is 1. The molecule has 2 aromatic rings. The van der Waals surface area contributed by atoms with Gasteiger partial charge in [0, 0.05) is 13.1 Å². The highest BCUT2D eigenvalue weighted by Crippen LogP contribution is 2.14. The van der Waals surface area contributed by atoms with Crippen molar-refractivity contribution in [3.05, 3.63) is 65.2 Å². The van der Waals surface area contributed by atoms with Crippen LogP contribution in [0.15, 0.2) is 48.5 Å². The first-order valence-corrected chi connectivity index (χ1v) is 10.5. The van der Waals surface area contributed by atoms with Crippen LogP contribution in [-0.4, -0.2) is 45.1 Å². The zero-order valence-electron chi connectivity index (χ0n) is 15.9. The van der Waals surface area contributed by atoms with Gasteiger partial charge in [0.1, 0.15) is 5.75 Å². The SMILES string of the molecule is COc1cccc(CCN(CC(=O)NCc2cccc(C)c2)S(C)(=O)=O)c1. The Balaban J connectivity index is 1.94. The van der Waals surface area contributed by atoms with Gasteiger partial charge in [-0.1, -0.05) is 42.0 Å². The lowest BCUT2D eigenvalue weighted by molar-refractivity contribution is -0.121. The van der Waals surface area contributed by atoms with Crippen molar-refractivity contribution in [2.75, 3.05) is 26.5 Å². The van der Waals surface area contributed by atoms with Crippen molar-refractivity contribution in [3.8, 4) is 5.75 Å². The van der Waals surface area contributed by atoms with Crippen LogP contribution in [0, 0.1) is 6.92 Å². The van der Waals surface area contributed by atoms with Crippen LogP contribution in [-0.2, 0) is 27.8 Å². The summed E-state index contributed by atoms with van der Waals surface area (Å²) in [7, 11) is -1.91. The molecule has 0 aromatic heterocycles. The molecule has 0 aliphatic heterocycles. The largest absolute Gasteiger partial charge is 0.497 e. The lowest BCUT2D eigenvalue weighted by atomic mass is 10.1. The number of sulfonamides is 1. The van der Waals surface area contributed by atoms with Crippen LogP contribution in [0.5, 0.6) is 5.75 Å². The Morgan fingerprint density at radius 1 is 1.11 bits per heavy atom. The molecule has 2 aromatic carbocycles. The number of benzene rings is 2. The van der Waals surface area contributed by atoms with Gasteiger partial charge in [0.05, 0.1) is 19.9 Å². The van der Waals surface area contributed by atoms with Crippen molar-refractivity contribution in [3.63, 3.8) is 0 Å². The predicted octanol–water partition coefficient (Wildman–Crippen LogP) is 2.12. The minimum atomic E-state index is -3.49. The number of ether oxygens (including phenoxy) is 1. The third-order valence-corrected chi connectivity index (χ3v) is 5.39. The fourth-order valence-corrected chi connectivity index (χ4v) is 3.46. The van der Waals surface area contributed by atoms with Crippen molar-refractivity contribution in [2.45, 2.75) is 19.9 Å². The molecule has 0 radical (unpaired) electrons. The normalized spacial score (nSPS) is 11.4. The second kappa shape index (κ2) is 9.53. The summed E-state index contributed by atoms with van der Waals surface area (Å²) in [5, 5.41) is 2.78. The molecule has 0 saturated carbocycles. The molecule has 7 heteroatoms. The molecule has 0 unspecified atom stereocenters. The second-order valence-electron chi connectivity index (χ2n) is 6.46. The topological polar surface area (TPSA) is 75.7 Å². The first-order valence-electron chi connectivity index (χ1n) is 8.68.